The number of amides is 1. The second-order valence-electron chi connectivity index (χ2n) is 6.31. The van der Waals surface area contributed by atoms with Gasteiger partial charge in [-0.2, -0.15) is 0 Å². The fourth-order valence-corrected chi connectivity index (χ4v) is 2.97. The Labute approximate surface area is 154 Å². The molecule has 1 amide bonds. The molecule has 0 spiro atoms. The molecule has 1 fully saturated rings. The second-order valence-corrected chi connectivity index (χ2v) is 6.31. The summed E-state index contributed by atoms with van der Waals surface area (Å²) in [6.07, 6.45) is 2.23. The first-order chi connectivity index (χ1) is 13.1. The highest BCUT2D eigenvalue weighted by molar-refractivity contribution is 5.69. The summed E-state index contributed by atoms with van der Waals surface area (Å²) < 4.78 is 24.3. The van der Waals surface area contributed by atoms with Crippen LogP contribution in [0.25, 0.3) is 11.2 Å². The number of H-pyrrole nitrogens is 1. The molecule has 0 unspecified atom stereocenters. The maximum absolute atomic E-state index is 13.2. The number of halogens is 1. The molecule has 27 heavy (non-hydrogen) atoms. The van der Waals surface area contributed by atoms with Crippen molar-refractivity contribution in [3.63, 3.8) is 0 Å². The average Bonchev–Trinajstić information content (AvgIpc) is 3.11. The van der Waals surface area contributed by atoms with Crippen LogP contribution in [-0.2, 0) is 16.1 Å². The first-order valence-electron chi connectivity index (χ1n) is 8.54. The van der Waals surface area contributed by atoms with Gasteiger partial charge >= 0.3 is 6.09 Å². The molecule has 1 aromatic carbocycles. The number of ether oxygens (including phenoxy) is 2. The molecule has 1 atom stereocenters. The largest absolute Gasteiger partial charge is 0.445 e. The summed E-state index contributed by atoms with van der Waals surface area (Å²) in [6.45, 7) is 2.99. The van der Waals surface area contributed by atoms with Crippen molar-refractivity contribution in [3.8, 4) is 0 Å². The number of carbonyl (C=O) groups is 1. The van der Waals surface area contributed by atoms with Crippen molar-refractivity contribution in [1.82, 2.24) is 24.8 Å². The van der Waals surface area contributed by atoms with Crippen molar-refractivity contribution >= 4 is 17.3 Å². The molecule has 8 nitrogen and oxygen atoms in total. The number of aromatic nitrogens is 4. The van der Waals surface area contributed by atoms with E-state index in [4.69, 9.17) is 9.47 Å². The molecule has 1 aliphatic heterocycles. The summed E-state index contributed by atoms with van der Waals surface area (Å²) in [6, 6.07) is 4.39. The van der Waals surface area contributed by atoms with Gasteiger partial charge in [0.05, 0.1) is 19.3 Å². The van der Waals surface area contributed by atoms with Gasteiger partial charge in [0.2, 0.25) is 0 Å². The summed E-state index contributed by atoms with van der Waals surface area (Å²) in [4.78, 5) is 29.5. The summed E-state index contributed by atoms with van der Waals surface area (Å²) in [5.41, 5.74) is 2.77. The van der Waals surface area contributed by atoms with Crippen LogP contribution in [0.15, 0.2) is 30.7 Å². The second kappa shape index (κ2) is 7.28. The number of fused-ring (bicyclic) bond motifs is 1. The number of aryl methyl sites for hydroxylation is 1. The van der Waals surface area contributed by atoms with E-state index in [1.807, 2.05) is 0 Å². The van der Waals surface area contributed by atoms with Crippen molar-refractivity contribution in [2.75, 3.05) is 19.7 Å². The molecule has 1 aliphatic rings. The summed E-state index contributed by atoms with van der Waals surface area (Å²) >= 11 is 0. The molecule has 3 aromatic rings. The average molecular weight is 371 g/mol. The third-order valence-electron chi connectivity index (χ3n) is 4.47. The van der Waals surface area contributed by atoms with Crippen molar-refractivity contribution in [3.05, 3.63) is 53.5 Å². The Kier molecular flexibility index (Phi) is 4.68. The number of carbonyl (C=O) groups excluding carboxylic acids is 1. The molecule has 1 saturated heterocycles. The minimum atomic E-state index is -0.442. The third kappa shape index (κ3) is 3.72. The van der Waals surface area contributed by atoms with Gasteiger partial charge in [-0.15, -0.1) is 0 Å². The lowest BCUT2D eigenvalue weighted by Crippen LogP contribution is -2.42. The summed E-state index contributed by atoms with van der Waals surface area (Å²) in [5.74, 6) is 0.284. The Hall–Kier alpha value is -3.07. The quantitative estimate of drug-likeness (QED) is 0.760. The van der Waals surface area contributed by atoms with Crippen molar-refractivity contribution in [2.24, 2.45) is 0 Å². The van der Waals surface area contributed by atoms with Crippen LogP contribution in [-0.4, -0.2) is 50.6 Å². The molecule has 0 bridgehead atoms. The van der Waals surface area contributed by atoms with Gasteiger partial charge in [0.1, 0.15) is 36.2 Å². The lowest BCUT2D eigenvalue weighted by molar-refractivity contribution is -0.0330. The number of hydrogen-bond donors (Lipinski definition) is 1. The Morgan fingerprint density at radius 1 is 1.48 bits per heavy atom. The van der Waals surface area contributed by atoms with E-state index < -0.39 is 12.2 Å². The van der Waals surface area contributed by atoms with Gasteiger partial charge in [-0.3, -0.25) is 0 Å². The summed E-state index contributed by atoms with van der Waals surface area (Å²) in [5, 5.41) is 0. The summed E-state index contributed by atoms with van der Waals surface area (Å²) in [7, 11) is 0. The maximum atomic E-state index is 13.2. The molecule has 0 radical (unpaired) electrons. The van der Waals surface area contributed by atoms with Crippen molar-refractivity contribution < 1.29 is 18.7 Å². The zero-order chi connectivity index (χ0) is 18.8. The lowest BCUT2D eigenvalue weighted by Gasteiger charge is -2.31. The highest BCUT2D eigenvalue weighted by Crippen LogP contribution is 2.22. The number of nitrogens with zero attached hydrogens (tertiary/aromatic N) is 4. The number of nitrogens with one attached hydrogen (secondary N) is 1. The Morgan fingerprint density at radius 3 is 3.19 bits per heavy atom. The van der Waals surface area contributed by atoms with E-state index in [2.05, 4.69) is 19.9 Å². The predicted molar refractivity (Wildman–Crippen MR) is 93.3 cm³/mol. The highest BCUT2D eigenvalue weighted by atomic mass is 19.1. The molecular weight excluding hydrogens is 353 g/mol. The molecule has 0 saturated carbocycles. The Morgan fingerprint density at radius 2 is 2.37 bits per heavy atom. The SMILES string of the molecule is Cc1cc(F)ccc1COC(=O)N1CCO[C@H](c2nc3ncncc3[nH]2)C1. The van der Waals surface area contributed by atoms with Gasteiger partial charge in [-0.1, -0.05) is 6.07 Å². The number of benzene rings is 1. The number of imidazole rings is 1. The molecule has 1 N–H and O–H groups in total. The van der Waals surface area contributed by atoms with E-state index in [1.54, 1.807) is 24.1 Å². The van der Waals surface area contributed by atoms with Crippen LogP contribution in [0.4, 0.5) is 9.18 Å². The zero-order valence-corrected chi connectivity index (χ0v) is 14.7. The fourth-order valence-electron chi connectivity index (χ4n) is 2.97. The topological polar surface area (TPSA) is 93.2 Å². The van der Waals surface area contributed by atoms with E-state index in [0.717, 1.165) is 11.1 Å². The molecule has 4 rings (SSSR count). The Bertz CT molecular complexity index is 944. The van der Waals surface area contributed by atoms with Crippen LogP contribution in [0.2, 0.25) is 0 Å². The first kappa shape index (κ1) is 17.3. The lowest BCUT2D eigenvalue weighted by atomic mass is 10.1. The fraction of sp³-hybridized carbons (Fsp3) is 0.333. The molecule has 140 valence electrons. The molecule has 0 aliphatic carbocycles. The van der Waals surface area contributed by atoms with Crippen LogP contribution >= 0.6 is 0 Å². The van der Waals surface area contributed by atoms with Crippen LogP contribution in [0.5, 0.6) is 0 Å². The molecular formula is C18H18FN5O3. The van der Waals surface area contributed by atoms with E-state index in [1.165, 1.54) is 18.5 Å². The zero-order valence-electron chi connectivity index (χ0n) is 14.7. The number of aromatic amines is 1. The third-order valence-corrected chi connectivity index (χ3v) is 4.47. The number of morpholine rings is 1. The standard InChI is InChI=1S/C18H18FN5O3/c1-11-6-13(19)3-2-12(11)9-27-18(25)24-4-5-26-15(8-24)17-22-14-7-20-10-21-16(14)23-17/h2-3,6-7,10,15H,4-5,8-9H2,1H3,(H,20,21,22,23)/t15-/m0/s1. The minimum absolute atomic E-state index is 0.0905. The van der Waals surface area contributed by atoms with Gasteiger partial charge in [0.25, 0.3) is 0 Å². The van der Waals surface area contributed by atoms with Gasteiger partial charge in [0, 0.05) is 6.54 Å². The monoisotopic (exact) mass is 371 g/mol. The molecule has 3 heterocycles. The van der Waals surface area contributed by atoms with Crippen LogP contribution in [0, 0.1) is 12.7 Å². The van der Waals surface area contributed by atoms with Crippen molar-refractivity contribution in [1.29, 1.82) is 0 Å². The Balaban J connectivity index is 1.40. The van der Waals surface area contributed by atoms with E-state index in [-0.39, 0.29) is 12.4 Å². The van der Waals surface area contributed by atoms with Crippen LogP contribution < -0.4 is 0 Å². The molecule has 9 heteroatoms. The van der Waals surface area contributed by atoms with E-state index >= 15 is 0 Å². The number of hydrogen-bond acceptors (Lipinski definition) is 6. The number of rotatable bonds is 3. The normalized spacial score (nSPS) is 17.3. The van der Waals surface area contributed by atoms with Gasteiger partial charge in [0.15, 0.2) is 5.65 Å². The van der Waals surface area contributed by atoms with E-state index in [0.29, 0.717) is 36.7 Å². The predicted octanol–water partition coefficient (Wildman–Crippen LogP) is 2.51. The highest BCUT2D eigenvalue weighted by Gasteiger charge is 2.28. The van der Waals surface area contributed by atoms with Gasteiger partial charge in [-0.05, 0) is 30.2 Å². The van der Waals surface area contributed by atoms with Gasteiger partial charge in [-0.25, -0.2) is 24.1 Å². The molecule has 2 aromatic heterocycles. The van der Waals surface area contributed by atoms with Gasteiger partial charge < -0.3 is 19.4 Å². The minimum Gasteiger partial charge on any atom is -0.445 e. The maximum Gasteiger partial charge on any atom is 0.410 e. The van der Waals surface area contributed by atoms with E-state index in [9.17, 15) is 9.18 Å². The van der Waals surface area contributed by atoms with Crippen LogP contribution in [0.1, 0.15) is 23.1 Å². The smallest absolute Gasteiger partial charge is 0.410 e. The first-order valence-corrected chi connectivity index (χ1v) is 8.54. The van der Waals surface area contributed by atoms with Crippen LogP contribution in [0.3, 0.4) is 0 Å². The van der Waals surface area contributed by atoms with Crippen molar-refractivity contribution in [2.45, 2.75) is 19.6 Å².